The number of hydrogen-bond acceptors (Lipinski definition) is 8. The van der Waals surface area contributed by atoms with Crippen molar-refractivity contribution in [2.75, 3.05) is 27.2 Å². The van der Waals surface area contributed by atoms with Crippen LogP contribution in [-0.4, -0.2) is 69.7 Å². The predicted molar refractivity (Wildman–Crippen MR) is 144 cm³/mol. The van der Waals surface area contributed by atoms with E-state index < -0.39 is 17.7 Å². The summed E-state index contributed by atoms with van der Waals surface area (Å²) in [5, 5.41) is 12.0. The number of aryl methyl sites for hydroxylation is 1. The summed E-state index contributed by atoms with van der Waals surface area (Å²) in [7, 11) is 3.81. The van der Waals surface area contributed by atoms with Gasteiger partial charge in [-0.2, -0.15) is 0 Å². The molecule has 2 aromatic heterocycles. The fourth-order valence-corrected chi connectivity index (χ4v) is 6.16. The van der Waals surface area contributed by atoms with Crippen LogP contribution in [0.15, 0.2) is 29.1 Å². The smallest absolute Gasteiger partial charge is 0.415 e. The number of carbonyl (C=O) groups excluding carboxylic acids is 2. The lowest BCUT2D eigenvalue weighted by Crippen LogP contribution is -2.44. The fourth-order valence-electron chi connectivity index (χ4n) is 6.16. The molecule has 0 bridgehead atoms. The molecular formula is C29H32N4O6. The first-order chi connectivity index (χ1) is 18.7. The van der Waals surface area contributed by atoms with E-state index in [2.05, 4.69) is 4.90 Å². The van der Waals surface area contributed by atoms with Crippen LogP contribution in [0.1, 0.15) is 48.9 Å². The van der Waals surface area contributed by atoms with Crippen LogP contribution in [0, 0.1) is 0 Å². The summed E-state index contributed by atoms with van der Waals surface area (Å²) < 4.78 is 12.6. The number of esters is 1. The minimum absolute atomic E-state index is 0.0913. The molecule has 1 fully saturated rings. The third-order valence-corrected chi connectivity index (χ3v) is 8.54. The molecule has 1 N–H and O–H groups in total. The number of aliphatic hydroxyl groups is 1. The Bertz CT molecular complexity index is 1600. The van der Waals surface area contributed by atoms with Gasteiger partial charge in [-0.25, -0.2) is 14.6 Å². The van der Waals surface area contributed by atoms with E-state index in [0.717, 1.165) is 36.0 Å². The molecule has 0 spiro atoms. The van der Waals surface area contributed by atoms with Crippen molar-refractivity contribution in [1.29, 1.82) is 0 Å². The number of benzene rings is 1. The molecule has 3 aliphatic heterocycles. The van der Waals surface area contributed by atoms with E-state index in [0.29, 0.717) is 46.7 Å². The zero-order valence-corrected chi connectivity index (χ0v) is 22.6. The van der Waals surface area contributed by atoms with Crippen molar-refractivity contribution in [1.82, 2.24) is 19.4 Å². The molecule has 6 rings (SSSR count). The summed E-state index contributed by atoms with van der Waals surface area (Å²) in [6.07, 6.45) is 1.28. The van der Waals surface area contributed by atoms with E-state index in [1.165, 1.54) is 0 Å². The van der Waals surface area contributed by atoms with E-state index in [9.17, 15) is 19.5 Å². The monoisotopic (exact) mass is 532 g/mol. The van der Waals surface area contributed by atoms with Crippen LogP contribution in [0.5, 0.6) is 5.75 Å². The summed E-state index contributed by atoms with van der Waals surface area (Å²) in [6, 6.07) is 7.23. The first-order valence-electron chi connectivity index (χ1n) is 13.4. The standard InChI is InChI=1S/C29H32N4O6/c1-5-18-19-11-17(39-28(36)32(4)16-9-10-31(3)13-16)7-8-23(19)30-25-20(18)14-33-24(25)12-22-21(26(33)34)15-38-27(35)29(22,37)6-2/h7-8,11-12,16,37H,5-6,9-10,13-15H2,1-4H3/t16?,29-/m0/s1. The Hall–Kier alpha value is -3.76. The topological polar surface area (TPSA) is 114 Å². The van der Waals surface area contributed by atoms with Gasteiger partial charge in [0.2, 0.25) is 0 Å². The van der Waals surface area contributed by atoms with E-state index in [1.807, 2.05) is 26.1 Å². The molecular weight excluding hydrogens is 500 g/mol. The summed E-state index contributed by atoms with van der Waals surface area (Å²) >= 11 is 0. The number of rotatable bonds is 4. The normalized spacial score (nSPS) is 21.9. The van der Waals surface area contributed by atoms with Crippen molar-refractivity contribution in [3.63, 3.8) is 0 Å². The predicted octanol–water partition coefficient (Wildman–Crippen LogP) is 2.78. The second-order valence-electron chi connectivity index (χ2n) is 10.7. The lowest BCUT2D eigenvalue weighted by molar-refractivity contribution is -0.172. The van der Waals surface area contributed by atoms with Gasteiger partial charge in [-0.15, -0.1) is 0 Å². The second kappa shape index (κ2) is 9.17. The molecule has 5 heterocycles. The average molecular weight is 533 g/mol. The Morgan fingerprint density at radius 2 is 2.05 bits per heavy atom. The number of carbonyl (C=O) groups is 2. The molecule has 0 saturated carbocycles. The van der Waals surface area contributed by atoms with Gasteiger partial charge in [0.1, 0.15) is 12.4 Å². The summed E-state index contributed by atoms with van der Waals surface area (Å²) in [6.45, 7) is 5.65. The number of amides is 1. The highest BCUT2D eigenvalue weighted by molar-refractivity contribution is 5.90. The highest BCUT2D eigenvalue weighted by Gasteiger charge is 2.45. The quantitative estimate of drug-likeness (QED) is 0.399. The van der Waals surface area contributed by atoms with Crippen LogP contribution in [-0.2, 0) is 34.7 Å². The molecule has 1 unspecified atom stereocenters. The molecule has 1 saturated heterocycles. The Morgan fingerprint density at radius 3 is 2.74 bits per heavy atom. The molecule has 204 valence electrons. The number of nitrogens with zero attached hydrogens (tertiary/aromatic N) is 4. The number of fused-ring (bicyclic) bond motifs is 5. The molecule has 0 radical (unpaired) electrons. The number of likely N-dealkylation sites (tertiary alicyclic amines) is 1. The SMILES string of the molecule is CCc1c2c(nc3ccc(OC(=O)N(C)C4CCN(C)C4)cc13)-c1cc3c(c(=O)n1C2)COC(=O)[C@]3(O)CC. The van der Waals surface area contributed by atoms with E-state index in [4.69, 9.17) is 14.5 Å². The molecule has 10 nitrogen and oxygen atoms in total. The number of likely N-dealkylation sites (N-methyl/N-ethyl adjacent to an activating group) is 2. The molecule has 1 amide bonds. The first kappa shape index (κ1) is 25.5. The van der Waals surface area contributed by atoms with Crippen molar-refractivity contribution >= 4 is 23.0 Å². The molecule has 0 aliphatic carbocycles. The van der Waals surface area contributed by atoms with Crippen LogP contribution >= 0.6 is 0 Å². The number of pyridine rings is 2. The first-order valence-corrected chi connectivity index (χ1v) is 13.4. The maximum Gasteiger partial charge on any atom is 0.415 e. The number of ether oxygens (including phenoxy) is 2. The Morgan fingerprint density at radius 1 is 1.26 bits per heavy atom. The van der Waals surface area contributed by atoms with E-state index in [-0.39, 0.29) is 24.6 Å². The third-order valence-electron chi connectivity index (χ3n) is 8.54. The molecule has 3 aromatic rings. The second-order valence-corrected chi connectivity index (χ2v) is 10.7. The van der Waals surface area contributed by atoms with Crippen LogP contribution in [0.25, 0.3) is 22.3 Å². The number of hydrogen-bond donors (Lipinski definition) is 1. The van der Waals surface area contributed by atoms with Gasteiger partial charge in [0.25, 0.3) is 5.56 Å². The molecule has 10 heteroatoms. The third kappa shape index (κ3) is 3.84. The highest BCUT2D eigenvalue weighted by atomic mass is 16.6. The Labute approximate surface area is 225 Å². The van der Waals surface area contributed by atoms with Gasteiger partial charge >= 0.3 is 12.1 Å². The summed E-state index contributed by atoms with van der Waals surface area (Å²) in [5.74, 6) is -0.303. The summed E-state index contributed by atoms with van der Waals surface area (Å²) in [4.78, 5) is 47.6. The average Bonchev–Trinajstić information content (AvgIpc) is 3.53. The molecule has 39 heavy (non-hydrogen) atoms. The van der Waals surface area contributed by atoms with Gasteiger partial charge in [-0.1, -0.05) is 13.8 Å². The van der Waals surface area contributed by atoms with Crippen LogP contribution in [0.3, 0.4) is 0 Å². The minimum atomic E-state index is -1.87. The minimum Gasteiger partial charge on any atom is -0.458 e. The number of aromatic nitrogens is 2. The van der Waals surface area contributed by atoms with Crippen LogP contribution < -0.4 is 10.3 Å². The fraction of sp³-hybridized carbons (Fsp3) is 0.448. The largest absolute Gasteiger partial charge is 0.458 e. The van der Waals surface area contributed by atoms with Crippen molar-refractivity contribution in [3.8, 4) is 17.1 Å². The van der Waals surface area contributed by atoms with Gasteiger partial charge in [-0.3, -0.25) is 4.79 Å². The molecule has 2 atom stereocenters. The van der Waals surface area contributed by atoms with E-state index >= 15 is 0 Å². The van der Waals surface area contributed by atoms with Gasteiger partial charge in [0.05, 0.1) is 29.0 Å². The lowest BCUT2D eigenvalue weighted by atomic mass is 9.86. The zero-order chi connectivity index (χ0) is 27.6. The highest BCUT2D eigenvalue weighted by Crippen LogP contribution is 2.40. The van der Waals surface area contributed by atoms with E-state index in [1.54, 1.807) is 35.6 Å². The molecule has 1 aromatic carbocycles. The Kier molecular flexibility index (Phi) is 6.00. The Balaban J connectivity index is 1.40. The summed E-state index contributed by atoms with van der Waals surface area (Å²) in [5.41, 5.74) is 2.30. The van der Waals surface area contributed by atoms with Crippen LogP contribution in [0.4, 0.5) is 4.79 Å². The van der Waals surface area contributed by atoms with Gasteiger partial charge < -0.3 is 28.9 Å². The van der Waals surface area contributed by atoms with Gasteiger partial charge in [0.15, 0.2) is 5.60 Å². The maximum atomic E-state index is 13.5. The lowest BCUT2D eigenvalue weighted by Gasteiger charge is -2.31. The van der Waals surface area contributed by atoms with Gasteiger partial charge in [0, 0.05) is 36.1 Å². The number of cyclic esters (lactones) is 1. The van der Waals surface area contributed by atoms with Crippen LogP contribution in [0.2, 0.25) is 0 Å². The maximum absolute atomic E-state index is 13.5. The van der Waals surface area contributed by atoms with Crippen molar-refractivity contribution in [2.24, 2.45) is 0 Å². The molecule has 3 aliphatic rings. The van der Waals surface area contributed by atoms with Gasteiger partial charge in [-0.05, 0) is 62.7 Å². The van der Waals surface area contributed by atoms with Crippen molar-refractivity contribution in [2.45, 2.75) is 57.9 Å². The van der Waals surface area contributed by atoms with Crippen molar-refractivity contribution < 1.29 is 24.2 Å². The zero-order valence-electron chi connectivity index (χ0n) is 22.6. The van der Waals surface area contributed by atoms with Crippen molar-refractivity contribution in [3.05, 3.63) is 56.9 Å².